The van der Waals surface area contributed by atoms with Crippen LogP contribution in [-0.4, -0.2) is 49.7 Å². The van der Waals surface area contributed by atoms with Crippen LogP contribution >= 0.6 is 0 Å². The van der Waals surface area contributed by atoms with Crippen molar-refractivity contribution >= 4 is 11.6 Å². The van der Waals surface area contributed by atoms with Crippen LogP contribution in [0.1, 0.15) is 25.3 Å². The Balaban J connectivity index is 1.68. The number of methoxy groups -OCH3 is 1. The van der Waals surface area contributed by atoms with Gasteiger partial charge in [0.05, 0.1) is 12.1 Å². The van der Waals surface area contributed by atoms with E-state index in [1.165, 1.54) is 5.56 Å². The third kappa shape index (κ3) is 4.96. The van der Waals surface area contributed by atoms with E-state index in [1.807, 2.05) is 42.2 Å². The second-order valence-corrected chi connectivity index (χ2v) is 7.12. The molecule has 1 aliphatic heterocycles. The number of carbonyl (C=O) groups excluding carboxylic acids is 1. The smallest absolute Gasteiger partial charge is 0.227 e. The summed E-state index contributed by atoms with van der Waals surface area (Å²) in [5.41, 5.74) is 2.33. The predicted octanol–water partition coefficient (Wildman–Crippen LogP) is 3.76. The van der Waals surface area contributed by atoms with Gasteiger partial charge in [-0.05, 0) is 30.5 Å². The number of amides is 1. The van der Waals surface area contributed by atoms with Crippen molar-refractivity contribution in [3.63, 3.8) is 0 Å². The van der Waals surface area contributed by atoms with Crippen LogP contribution in [0.2, 0.25) is 0 Å². The minimum Gasteiger partial charge on any atom is -0.378 e. The van der Waals surface area contributed by atoms with E-state index < -0.39 is 0 Å². The van der Waals surface area contributed by atoms with Gasteiger partial charge < -0.3 is 14.5 Å². The highest BCUT2D eigenvalue weighted by Gasteiger charge is 2.36. The van der Waals surface area contributed by atoms with Crippen molar-refractivity contribution < 1.29 is 9.53 Å². The molecular formula is C23H30N2O2. The Bertz CT molecular complexity index is 705. The fourth-order valence-corrected chi connectivity index (χ4v) is 3.91. The van der Waals surface area contributed by atoms with Crippen molar-refractivity contribution in [2.24, 2.45) is 0 Å². The lowest BCUT2D eigenvalue weighted by Gasteiger charge is -2.43. The van der Waals surface area contributed by atoms with E-state index in [-0.39, 0.29) is 18.1 Å². The molecule has 0 aromatic heterocycles. The molecule has 1 heterocycles. The first-order valence-corrected chi connectivity index (χ1v) is 9.89. The van der Waals surface area contributed by atoms with Gasteiger partial charge in [-0.15, -0.1) is 0 Å². The molecule has 0 N–H and O–H groups in total. The van der Waals surface area contributed by atoms with Crippen LogP contribution in [-0.2, 0) is 16.0 Å². The normalized spacial score (nSPS) is 20.4. The fourth-order valence-electron chi connectivity index (χ4n) is 3.91. The van der Waals surface area contributed by atoms with Crippen LogP contribution in [0.4, 0.5) is 5.69 Å². The van der Waals surface area contributed by atoms with Crippen molar-refractivity contribution in [2.45, 2.75) is 38.3 Å². The van der Waals surface area contributed by atoms with Gasteiger partial charge in [-0.1, -0.05) is 55.5 Å². The average molecular weight is 367 g/mol. The second-order valence-electron chi connectivity index (χ2n) is 7.12. The van der Waals surface area contributed by atoms with Crippen molar-refractivity contribution in [3.8, 4) is 0 Å². The Morgan fingerprint density at radius 2 is 1.78 bits per heavy atom. The molecule has 0 bridgehead atoms. The number of nitrogens with zero attached hydrogens (tertiary/aromatic N) is 2. The molecule has 0 radical (unpaired) electrons. The summed E-state index contributed by atoms with van der Waals surface area (Å²) in [4.78, 5) is 17.1. The third-order valence-corrected chi connectivity index (χ3v) is 5.41. The fraction of sp³-hybridized carbons (Fsp3) is 0.435. The molecule has 2 aromatic carbocycles. The van der Waals surface area contributed by atoms with Gasteiger partial charge >= 0.3 is 0 Å². The Morgan fingerprint density at radius 1 is 1.11 bits per heavy atom. The van der Waals surface area contributed by atoms with Crippen LogP contribution in [0.5, 0.6) is 0 Å². The molecule has 1 amide bonds. The van der Waals surface area contributed by atoms with E-state index in [4.69, 9.17) is 4.74 Å². The molecule has 3 rings (SSSR count). The maximum atomic E-state index is 12.7. The Kier molecular flexibility index (Phi) is 7.02. The molecule has 1 fully saturated rings. The predicted molar refractivity (Wildman–Crippen MR) is 110 cm³/mol. The summed E-state index contributed by atoms with van der Waals surface area (Å²) in [6, 6.07) is 20.7. The van der Waals surface area contributed by atoms with Crippen LogP contribution in [0, 0.1) is 0 Å². The van der Waals surface area contributed by atoms with Gasteiger partial charge in [0.15, 0.2) is 0 Å². The molecule has 27 heavy (non-hydrogen) atoms. The second kappa shape index (κ2) is 9.67. The molecule has 4 nitrogen and oxygen atoms in total. The standard InChI is InChI=1S/C23H30N2O2/c1-3-23(26)25(20-12-8-5-9-13-20)21-15-17-24(18-22(21)27-2)16-14-19-10-6-4-7-11-19/h4-13,21-22H,3,14-18H2,1-2H3/t21-,22+/m1/s1. The summed E-state index contributed by atoms with van der Waals surface area (Å²) in [7, 11) is 1.76. The van der Waals surface area contributed by atoms with E-state index in [9.17, 15) is 4.79 Å². The molecule has 4 heteroatoms. The zero-order valence-corrected chi connectivity index (χ0v) is 16.4. The molecule has 0 spiro atoms. The van der Waals surface area contributed by atoms with E-state index in [2.05, 4.69) is 35.2 Å². The van der Waals surface area contributed by atoms with Gasteiger partial charge in [0.1, 0.15) is 0 Å². The number of benzene rings is 2. The Morgan fingerprint density at radius 3 is 2.41 bits per heavy atom. The van der Waals surface area contributed by atoms with Gasteiger partial charge in [-0.2, -0.15) is 0 Å². The van der Waals surface area contributed by atoms with E-state index in [0.29, 0.717) is 6.42 Å². The lowest BCUT2D eigenvalue weighted by molar-refractivity contribution is -0.120. The summed E-state index contributed by atoms with van der Waals surface area (Å²) in [5, 5.41) is 0. The van der Waals surface area contributed by atoms with E-state index in [1.54, 1.807) is 7.11 Å². The maximum Gasteiger partial charge on any atom is 0.227 e. The number of anilines is 1. The van der Waals surface area contributed by atoms with Crippen LogP contribution in [0.15, 0.2) is 60.7 Å². The summed E-state index contributed by atoms with van der Waals surface area (Å²) in [5.74, 6) is 0.158. The van der Waals surface area contributed by atoms with Crippen LogP contribution in [0.3, 0.4) is 0 Å². The molecule has 0 unspecified atom stereocenters. The average Bonchev–Trinajstić information content (AvgIpc) is 2.74. The monoisotopic (exact) mass is 366 g/mol. The summed E-state index contributed by atoms with van der Waals surface area (Å²) in [6.07, 6.45) is 2.48. The number of ether oxygens (including phenoxy) is 1. The van der Waals surface area contributed by atoms with Crippen molar-refractivity contribution in [3.05, 3.63) is 66.2 Å². The zero-order chi connectivity index (χ0) is 19.1. The molecule has 2 atom stereocenters. The number of hydrogen-bond acceptors (Lipinski definition) is 3. The number of para-hydroxylation sites is 1. The van der Waals surface area contributed by atoms with Gasteiger partial charge in [0.25, 0.3) is 0 Å². The van der Waals surface area contributed by atoms with Gasteiger partial charge in [-0.25, -0.2) is 0 Å². The SMILES string of the molecule is CCC(=O)N(c1ccccc1)[C@@H]1CCN(CCc2ccccc2)C[C@@H]1OC. The number of carbonyl (C=O) groups is 1. The summed E-state index contributed by atoms with van der Waals surface area (Å²) in [6.45, 7) is 4.78. The van der Waals surface area contributed by atoms with Crippen LogP contribution < -0.4 is 4.90 Å². The number of rotatable bonds is 7. The molecule has 1 aliphatic rings. The van der Waals surface area contributed by atoms with Crippen molar-refractivity contribution in [2.75, 3.05) is 31.6 Å². The van der Waals surface area contributed by atoms with Gasteiger partial charge in [0, 0.05) is 38.9 Å². The Labute approximate surface area is 162 Å². The first-order chi connectivity index (χ1) is 13.2. The number of piperidine rings is 1. The quantitative estimate of drug-likeness (QED) is 0.748. The first-order valence-electron chi connectivity index (χ1n) is 9.89. The summed E-state index contributed by atoms with van der Waals surface area (Å²) >= 11 is 0. The molecule has 2 aromatic rings. The number of likely N-dealkylation sites (tertiary alicyclic amines) is 1. The zero-order valence-electron chi connectivity index (χ0n) is 16.4. The van der Waals surface area contributed by atoms with Gasteiger partial charge in [0.2, 0.25) is 5.91 Å². The minimum atomic E-state index is 0.0187. The minimum absolute atomic E-state index is 0.0187. The summed E-state index contributed by atoms with van der Waals surface area (Å²) < 4.78 is 5.85. The molecule has 144 valence electrons. The Hall–Kier alpha value is -2.17. The van der Waals surface area contributed by atoms with Crippen LogP contribution in [0.25, 0.3) is 0 Å². The molecular weight excluding hydrogens is 336 g/mol. The third-order valence-electron chi connectivity index (χ3n) is 5.41. The van der Waals surface area contributed by atoms with E-state index in [0.717, 1.165) is 38.2 Å². The lowest BCUT2D eigenvalue weighted by Crippen LogP contribution is -2.57. The highest BCUT2D eigenvalue weighted by Crippen LogP contribution is 2.26. The molecule has 0 saturated carbocycles. The number of hydrogen-bond donors (Lipinski definition) is 0. The van der Waals surface area contributed by atoms with Gasteiger partial charge in [-0.3, -0.25) is 4.79 Å². The van der Waals surface area contributed by atoms with E-state index >= 15 is 0 Å². The maximum absolute atomic E-state index is 12.7. The lowest BCUT2D eigenvalue weighted by atomic mass is 9.98. The highest BCUT2D eigenvalue weighted by atomic mass is 16.5. The molecule has 0 aliphatic carbocycles. The van der Waals surface area contributed by atoms with Crippen molar-refractivity contribution in [1.29, 1.82) is 0 Å². The molecule has 1 saturated heterocycles. The topological polar surface area (TPSA) is 32.8 Å². The largest absolute Gasteiger partial charge is 0.378 e. The van der Waals surface area contributed by atoms with Crippen molar-refractivity contribution in [1.82, 2.24) is 4.90 Å². The first kappa shape index (κ1) is 19.6. The highest BCUT2D eigenvalue weighted by molar-refractivity contribution is 5.93.